The minimum Gasteiger partial charge on any atom is -0.406 e. The second kappa shape index (κ2) is 7.06. The van der Waals surface area contributed by atoms with E-state index >= 15 is 0 Å². The minimum atomic E-state index is -2.02. The minimum absolute atomic E-state index is 0.0573. The predicted molar refractivity (Wildman–Crippen MR) is 97.8 cm³/mol. The molecule has 0 aliphatic rings. The summed E-state index contributed by atoms with van der Waals surface area (Å²) in [5.41, 5.74) is 1.05. The monoisotopic (exact) mass is 364 g/mol. The quantitative estimate of drug-likeness (QED) is 0.439. The van der Waals surface area contributed by atoms with E-state index in [1.165, 1.54) is 0 Å². The van der Waals surface area contributed by atoms with Crippen LogP contribution in [0.4, 0.5) is 0 Å². The highest BCUT2D eigenvalue weighted by molar-refractivity contribution is 6.74. The Morgan fingerprint density at radius 1 is 1.05 bits per heavy atom. The summed E-state index contributed by atoms with van der Waals surface area (Å²) >= 11 is 18.3. The topological polar surface area (TPSA) is 9.23 Å². The second-order valence-electron chi connectivity index (χ2n) is 6.61. The molecule has 118 valence electrons. The molecule has 0 aliphatic heterocycles. The van der Waals surface area contributed by atoms with Crippen molar-refractivity contribution < 1.29 is 4.43 Å². The zero-order chi connectivity index (χ0) is 16.3. The van der Waals surface area contributed by atoms with Crippen molar-refractivity contribution in [2.45, 2.75) is 48.8 Å². The highest BCUT2D eigenvalue weighted by atomic mass is 35.6. The molecule has 0 bridgehead atoms. The maximum Gasteiger partial charge on any atom is 0.218 e. The lowest BCUT2D eigenvalue weighted by atomic mass is 10.2. The average Bonchev–Trinajstić information content (AvgIpc) is 2.33. The smallest absolute Gasteiger partial charge is 0.218 e. The zero-order valence-electron chi connectivity index (χ0n) is 13.2. The van der Waals surface area contributed by atoms with Crippen molar-refractivity contribution in [3.05, 3.63) is 42.0 Å². The number of rotatable bonds is 4. The summed E-state index contributed by atoms with van der Waals surface area (Å²) in [7, 11) is -2.02. The molecule has 0 radical (unpaired) electrons. The van der Waals surface area contributed by atoms with E-state index < -0.39 is 18.2 Å². The summed E-state index contributed by atoms with van der Waals surface area (Å²) in [6, 6.07) is 9.91. The van der Waals surface area contributed by atoms with Gasteiger partial charge in [0.15, 0.2) is 8.32 Å². The van der Waals surface area contributed by atoms with Crippen LogP contribution in [0.1, 0.15) is 26.3 Å². The number of hydrogen-bond acceptors (Lipinski definition) is 1. The van der Waals surface area contributed by atoms with Gasteiger partial charge in [0.2, 0.25) is 3.79 Å². The van der Waals surface area contributed by atoms with Crippen LogP contribution in [-0.4, -0.2) is 18.2 Å². The molecule has 1 atom stereocenters. The Labute approximate surface area is 144 Å². The molecule has 0 aromatic heterocycles. The van der Waals surface area contributed by atoms with Crippen LogP contribution in [0, 0.1) is 0 Å². The Hall–Kier alpha value is 0.00688. The molecule has 0 N–H and O–H groups in total. The van der Waals surface area contributed by atoms with Crippen LogP contribution in [0.3, 0.4) is 0 Å². The molecule has 1 aromatic rings. The fourth-order valence-corrected chi connectivity index (χ4v) is 3.29. The summed E-state index contributed by atoms with van der Waals surface area (Å²) < 4.78 is 4.76. The standard InChI is InChI=1S/C16H23Cl3OSi/c1-15(2,3)21(4,5)20-14(16(17,18)19)12-11-13-9-7-6-8-10-13/h6-12,14H,1-5H3/b12-11+/t14-/m1/s1. The Morgan fingerprint density at radius 3 is 2.00 bits per heavy atom. The molecule has 5 heteroatoms. The van der Waals surface area contributed by atoms with Crippen molar-refractivity contribution in [1.29, 1.82) is 0 Å². The lowest BCUT2D eigenvalue weighted by Crippen LogP contribution is -2.46. The predicted octanol–water partition coefficient (Wildman–Crippen LogP) is 6.46. The van der Waals surface area contributed by atoms with Crippen LogP contribution in [-0.2, 0) is 4.43 Å². The van der Waals surface area contributed by atoms with Gasteiger partial charge in [0.05, 0.1) is 0 Å². The van der Waals surface area contributed by atoms with Gasteiger partial charge in [0, 0.05) is 0 Å². The highest BCUT2D eigenvalue weighted by Crippen LogP contribution is 2.42. The van der Waals surface area contributed by atoms with E-state index in [0.717, 1.165) is 5.56 Å². The van der Waals surface area contributed by atoms with Crippen LogP contribution in [0.25, 0.3) is 6.08 Å². The van der Waals surface area contributed by atoms with Crippen LogP contribution >= 0.6 is 34.8 Å². The van der Waals surface area contributed by atoms with Crippen LogP contribution in [0.5, 0.6) is 0 Å². The Balaban J connectivity index is 2.96. The SMILES string of the molecule is CC(C)(C)[Si](C)(C)O[C@H](/C=C/c1ccccc1)C(Cl)(Cl)Cl. The van der Waals surface area contributed by atoms with Crippen LogP contribution in [0.15, 0.2) is 36.4 Å². The van der Waals surface area contributed by atoms with Crippen molar-refractivity contribution >= 4 is 49.2 Å². The van der Waals surface area contributed by atoms with E-state index in [2.05, 4.69) is 33.9 Å². The number of hydrogen-bond donors (Lipinski definition) is 0. The van der Waals surface area contributed by atoms with Gasteiger partial charge in [-0.25, -0.2) is 0 Å². The van der Waals surface area contributed by atoms with Crippen LogP contribution < -0.4 is 0 Å². The van der Waals surface area contributed by atoms with E-state index in [0.29, 0.717) is 0 Å². The lowest BCUT2D eigenvalue weighted by Gasteiger charge is -2.40. The molecule has 0 unspecified atom stereocenters. The number of halogens is 3. The molecule has 1 aromatic carbocycles. The van der Waals surface area contributed by atoms with Crippen molar-refractivity contribution in [1.82, 2.24) is 0 Å². The first-order valence-corrected chi connectivity index (χ1v) is 11.0. The molecule has 0 amide bonds. The van der Waals surface area contributed by atoms with E-state index in [-0.39, 0.29) is 5.04 Å². The van der Waals surface area contributed by atoms with Gasteiger partial charge >= 0.3 is 0 Å². The highest BCUT2D eigenvalue weighted by Gasteiger charge is 2.43. The molecule has 0 fully saturated rings. The molecule has 1 rings (SSSR count). The summed E-state index contributed by atoms with van der Waals surface area (Å²) in [5.74, 6) is 0. The average molecular weight is 366 g/mol. The first-order chi connectivity index (χ1) is 9.43. The summed E-state index contributed by atoms with van der Waals surface area (Å²) in [5, 5.41) is 0.0573. The van der Waals surface area contributed by atoms with Gasteiger partial charge in [0.1, 0.15) is 6.10 Å². The van der Waals surface area contributed by atoms with Crippen molar-refractivity contribution in [2.24, 2.45) is 0 Å². The normalized spacial score (nSPS) is 15.4. The van der Waals surface area contributed by atoms with Crippen molar-refractivity contribution in [3.63, 3.8) is 0 Å². The van der Waals surface area contributed by atoms with Gasteiger partial charge in [-0.3, -0.25) is 0 Å². The number of benzene rings is 1. The Morgan fingerprint density at radius 2 is 1.57 bits per heavy atom. The van der Waals surface area contributed by atoms with Gasteiger partial charge in [0.25, 0.3) is 0 Å². The lowest BCUT2D eigenvalue weighted by molar-refractivity contribution is 0.229. The third kappa shape index (κ3) is 5.95. The first-order valence-electron chi connectivity index (χ1n) is 6.91. The van der Waals surface area contributed by atoms with Gasteiger partial charge < -0.3 is 4.43 Å². The van der Waals surface area contributed by atoms with Crippen LogP contribution in [0.2, 0.25) is 18.1 Å². The first kappa shape index (κ1) is 19.1. The molecule has 0 heterocycles. The summed E-state index contributed by atoms with van der Waals surface area (Å²) in [6.45, 7) is 10.8. The largest absolute Gasteiger partial charge is 0.406 e. The number of alkyl halides is 3. The molecule has 21 heavy (non-hydrogen) atoms. The Bertz CT molecular complexity index is 473. The second-order valence-corrected chi connectivity index (χ2v) is 13.7. The third-order valence-corrected chi connectivity index (χ3v) is 8.91. The molecule has 0 saturated heterocycles. The maximum atomic E-state index is 6.24. The third-order valence-electron chi connectivity index (χ3n) is 3.81. The van der Waals surface area contributed by atoms with Crippen molar-refractivity contribution in [3.8, 4) is 0 Å². The fourth-order valence-electron chi connectivity index (χ4n) is 1.47. The van der Waals surface area contributed by atoms with Crippen molar-refractivity contribution in [2.75, 3.05) is 0 Å². The maximum absolute atomic E-state index is 6.24. The molecule has 0 saturated carbocycles. The van der Waals surface area contributed by atoms with E-state index in [9.17, 15) is 0 Å². The van der Waals surface area contributed by atoms with Gasteiger partial charge in [-0.1, -0.05) is 98.1 Å². The van der Waals surface area contributed by atoms with Gasteiger partial charge in [-0.15, -0.1) is 0 Å². The Kier molecular flexibility index (Phi) is 6.40. The molecule has 1 nitrogen and oxygen atoms in total. The van der Waals surface area contributed by atoms with Gasteiger partial charge in [-0.05, 0) is 23.7 Å². The van der Waals surface area contributed by atoms with E-state index in [1.54, 1.807) is 0 Å². The zero-order valence-corrected chi connectivity index (χ0v) is 16.4. The molecular weight excluding hydrogens is 343 g/mol. The van der Waals surface area contributed by atoms with Gasteiger partial charge in [-0.2, -0.15) is 0 Å². The summed E-state index contributed by atoms with van der Waals surface area (Å²) in [4.78, 5) is 0. The fraction of sp³-hybridized carbons (Fsp3) is 0.500. The summed E-state index contributed by atoms with van der Waals surface area (Å²) in [6.07, 6.45) is 3.20. The molecular formula is C16H23Cl3OSi. The van der Waals surface area contributed by atoms with E-state index in [1.807, 2.05) is 42.5 Å². The van der Waals surface area contributed by atoms with E-state index in [4.69, 9.17) is 39.2 Å². The molecule has 0 aliphatic carbocycles. The molecule has 0 spiro atoms.